The molecule has 6 nitrogen and oxygen atoms in total. The second kappa shape index (κ2) is 8.21. The van der Waals surface area contributed by atoms with Crippen molar-refractivity contribution in [2.24, 2.45) is 0 Å². The summed E-state index contributed by atoms with van der Waals surface area (Å²) >= 11 is 0. The fraction of sp³-hybridized carbons (Fsp3) is 0.857. The van der Waals surface area contributed by atoms with E-state index in [9.17, 15) is 9.59 Å². The Balaban J connectivity index is 2.43. The lowest BCUT2D eigenvalue weighted by atomic mass is 10.2. The lowest BCUT2D eigenvalue weighted by Gasteiger charge is -2.29. The van der Waals surface area contributed by atoms with Gasteiger partial charge in [-0.05, 0) is 33.6 Å². The molecule has 1 fully saturated rings. The van der Waals surface area contributed by atoms with Gasteiger partial charge in [-0.2, -0.15) is 0 Å². The molecular formula is C14H25NO5. The van der Waals surface area contributed by atoms with Crippen molar-refractivity contribution >= 4 is 11.9 Å². The van der Waals surface area contributed by atoms with E-state index in [0.717, 1.165) is 19.4 Å². The molecule has 20 heavy (non-hydrogen) atoms. The largest absolute Gasteiger partial charge is 0.481 e. The predicted molar refractivity (Wildman–Crippen MR) is 73.5 cm³/mol. The summed E-state index contributed by atoms with van der Waals surface area (Å²) < 4.78 is 11.0. The highest BCUT2D eigenvalue weighted by atomic mass is 16.5. The summed E-state index contributed by atoms with van der Waals surface area (Å²) in [7, 11) is 0. The van der Waals surface area contributed by atoms with Gasteiger partial charge >= 0.3 is 5.97 Å². The van der Waals surface area contributed by atoms with Crippen LogP contribution in [0.15, 0.2) is 0 Å². The van der Waals surface area contributed by atoms with Gasteiger partial charge < -0.3 is 19.5 Å². The van der Waals surface area contributed by atoms with Gasteiger partial charge in [0.2, 0.25) is 0 Å². The van der Waals surface area contributed by atoms with Gasteiger partial charge in [-0.15, -0.1) is 0 Å². The Morgan fingerprint density at radius 2 is 2.10 bits per heavy atom. The van der Waals surface area contributed by atoms with Crippen LogP contribution >= 0.6 is 0 Å². The molecule has 1 heterocycles. The van der Waals surface area contributed by atoms with Gasteiger partial charge in [-0.3, -0.25) is 9.59 Å². The fourth-order valence-corrected chi connectivity index (χ4v) is 2.17. The number of carbonyl (C=O) groups excluding carboxylic acids is 1. The number of ether oxygens (including phenoxy) is 2. The maximum absolute atomic E-state index is 12.3. The van der Waals surface area contributed by atoms with Crippen LogP contribution in [0, 0.1) is 0 Å². The Morgan fingerprint density at radius 3 is 2.60 bits per heavy atom. The molecule has 0 aromatic carbocycles. The monoisotopic (exact) mass is 287 g/mol. The van der Waals surface area contributed by atoms with E-state index in [1.807, 2.05) is 13.8 Å². The normalized spacial score (nSPS) is 20.1. The highest BCUT2D eigenvalue weighted by Gasteiger charge is 2.25. The van der Waals surface area contributed by atoms with Crippen molar-refractivity contribution in [3.63, 3.8) is 0 Å². The first-order valence-electron chi connectivity index (χ1n) is 7.17. The van der Waals surface area contributed by atoms with E-state index in [1.165, 1.54) is 0 Å². The number of carboxylic acids is 1. The smallest absolute Gasteiger partial charge is 0.305 e. The van der Waals surface area contributed by atoms with Gasteiger partial charge in [-0.1, -0.05) is 0 Å². The van der Waals surface area contributed by atoms with Crippen molar-refractivity contribution in [1.29, 1.82) is 0 Å². The molecule has 1 aliphatic rings. The molecular weight excluding hydrogens is 262 g/mol. The number of aliphatic carboxylic acids is 1. The van der Waals surface area contributed by atoms with Gasteiger partial charge in [0.15, 0.2) is 0 Å². The highest BCUT2D eigenvalue weighted by molar-refractivity contribution is 5.81. The average Bonchev–Trinajstić information content (AvgIpc) is 2.88. The van der Waals surface area contributed by atoms with E-state index in [1.54, 1.807) is 11.8 Å². The van der Waals surface area contributed by atoms with E-state index >= 15 is 0 Å². The molecule has 116 valence electrons. The molecule has 1 saturated heterocycles. The number of carbonyl (C=O) groups is 2. The lowest BCUT2D eigenvalue weighted by molar-refractivity contribution is -0.147. The molecule has 0 aromatic heterocycles. The molecule has 1 aliphatic heterocycles. The lowest BCUT2D eigenvalue weighted by Crippen LogP contribution is -2.44. The van der Waals surface area contributed by atoms with Gasteiger partial charge in [0.1, 0.15) is 6.10 Å². The van der Waals surface area contributed by atoms with Crippen LogP contribution in [0.5, 0.6) is 0 Å². The third kappa shape index (κ3) is 5.46. The zero-order chi connectivity index (χ0) is 15.1. The Morgan fingerprint density at radius 1 is 1.40 bits per heavy atom. The first-order valence-corrected chi connectivity index (χ1v) is 7.17. The Kier molecular flexibility index (Phi) is 6.95. The Labute approximate surface area is 120 Å². The van der Waals surface area contributed by atoms with Crippen molar-refractivity contribution in [1.82, 2.24) is 4.90 Å². The standard InChI is InChI=1S/C14H25NO5/c1-10(2)15(7-6-13(16)17)14(18)11(3)20-9-12-5-4-8-19-12/h10-12H,4-9H2,1-3H3,(H,16,17). The number of nitrogens with zero attached hydrogens (tertiary/aromatic N) is 1. The minimum absolute atomic E-state index is 0.0457. The van der Waals surface area contributed by atoms with Gasteiger partial charge in [-0.25, -0.2) is 0 Å². The number of carboxylic acid groups (broad SMARTS) is 1. The summed E-state index contributed by atoms with van der Waals surface area (Å²) in [6.45, 7) is 6.82. The third-order valence-electron chi connectivity index (χ3n) is 3.38. The summed E-state index contributed by atoms with van der Waals surface area (Å²) in [5, 5.41) is 8.73. The van der Waals surface area contributed by atoms with E-state index < -0.39 is 12.1 Å². The molecule has 0 saturated carbocycles. The Bertz CT molecular complexity index is 326. The summed E-state index contributed by atoms with van der Waals surface area (Å²) in [6.07, 6.45) is 1.45. The summed E-state index contributed by atoms with van der Waals surface area (Å²) in [5.74, 6) is -1.07. The van der Waals surface area contributed by atoms with Gasteiger partial charge in [0.25, 0.3) is 5.91 Å². The predicted octanol–water partition coefficient (Wildman–Crippen LogP) is 1.28. The number of hydrogen-bond donors (Lipinski definition) is 1. The minimum Gasteiger partial charge on any atom is -0.481 e. The Hall–Kier alpha value is -1.14. The fourth-order valence-electron chi connectivity index (χ4n) is 2.17. The zero-order valence-corrected chi connectivity index (χ0v) is 12.5. The van der Waals surface area contributed by atoms with Crippen LogP contribution in [0.1, 0.15) is 40.0 Å². The van der Waals surface area contributed by atoms with Gasteiger partial charge in [0, 0.05) is 19.2 Å². The molecule has 1 rings (SSSR count). The molecule has 0 aromatic rings. The van der Waals surface area contributed by atoms with Crippen LogP contribution in [-0.4, -0.2) is 59.9 Å². The summed E-state index contributed by atoms with van der Waals surface area (Å²) in [4.78, 5) is 24.5. The van der Waals surface area contributed by atoms with E-state index in [0.29, 0.717) is 6.61 Å². The molecule has 0 bridgehead atoms. The number of amides is 1. The van der Waals surface area contributed by atoms with Crippen molar-refractivity contribution in [3.05, 3.63) is 0 Å². The quantitative estimate of drug-likeness (QED) is 0.728. The molecule has 6 heteroatoms. The van der Waals surface area contributed by atoms with Crippen LogP contribution in [0.2, 0.25) is 0 Å². The van der Waals surface area contributed by atoms with Crippen LogP contribution in [0.25, 0.3) is 0 Å². The maximum Gasteiger partial charge on any atom is 0.305 e. The molecule has 0 aliphatic carbocycles. The van der Waals surface area contributed by atoms with E-state index in [-0.39, 0.29) is 31.0 Å². The molecule has 2 unspecified atom stereocenters. The van der Waals surface area contributed by atoms with Crippen molar-refractivity contribution in [2.75, 3.05) is 19.8 Å². The topological polar surface area (TPSA) is 76.1 Å². The molecule has 0 spiro atoms. The second-order valence-electron chi connectivity index (χ2n) is 5.38. The van der Waals surface area contributed by atoms with Crippen LogP contribution in [-0.2, 0) is 19.1 Å². The molecule has 1 amide bonds. The molecule has 2 atom stereocenters. The van der Waals surface area contributed by atoms with E-state index in [2.05, 4.69) is 0 Å². The highest BCUT2D eigenvalue weighted by Crippen LogP contribution is 2.14. The maximum atomic E-state index is 12.3. The first kappa shape index (κ1) is 16.9. The SMILES string of the molecule is CC(OCC1CCCO1)C(=O)N(CCC(=O)O)C(C)C. The summed E-state index contributed by atoms with van der Waals surface area (Å²) in [6, 6.07) is -0.0457. The number of rotatable bonds is 8. The van der Waals surface area contributed by atoms with Crippen molar-refractivity contribution in [3.8, 4) is 0 Å². The van der Waals surface area contributed by atoms with Gasteiger partial charge in [0.05, 0.1) is 19.1 Å². The molecule has 1 N–H and O–H groups in total. The van der Waals surface area contributed by atoms with Crippen molar-refractivity contribution < 1.29 is 24.2 Å². The van der Waals surface area contributed by atoms with Crippen LogP contribution in [0.4, 0.5) is 0 Å². The third-order valence-corrected chi connectivity index (χ3v) is 3.38. The zero-order valence-electron chi connectivity index (χ0n) is 12.5. The molecule has 0 radical (unpaired) electrons. The van der Waals surface area contributed by atoms with Crippen molar-refractivity contribution in [2.45, 2.75) is 58.3 Å². The first-order chi connectivity index (χ1) is 9.41. The van der Waals surface area contributed by atoms with Crippen LogP contribution in [0.3, 0.4) is 0 Å². The van der Waals surface area contributed by atoms with Crippen LogP contribution < -0.4 is 0 Å². The van der Waals surface area contributed by atoms with E-state index in [4.69, 9.17) is 14.6 Å². The number of hydrogen-bond acceptors (Lipinski definition) is 4. The second-order valence-corrected chi connectivity index (χ2v) is 5.38. The minimum atomic E-state index is -0.906. The summed E-state index contributed by atoms with van der Waals surface area (Å²) in [5.41, 5.74) is 0. The average molecular weight is 287 g/mol.